The zero-order valence-electron chi connectivity index (χ0n) is 22.6. The molecule has 11 heteroatoms. The van der Waals surface area contributed by atoms with Crippen molar-refractivity contribution in [2.45, 2.75) is 23.9 Å². The Bertz CT molecular complexity index is 1650. The minimum atomic E-state index is -4.24. The topological polar surface area (TPSA) is 86.8 Å². The maximum Gasteiger partial charge on any atom is 0.264 e. The number of benzene rings is 4. The molecule has 0 bridgehead atoms. The number of nitrogens with one attached hydrogen (secondary N) is 1. The van der Waals surface area contributed by atoms with Gasteiger partial charge in [0, 0.05) is 25.0 Å². The lowest BCUT2D eigenvalue weighted by Gasteiger charge is -2.33. The largest absolute Gasteiger partial charge is 0.357 e. The van der Waals surface area contributed by atoms with E-state index in [0.29, 0.717) is 10.6 Å². The lowest BCUT2D eigenvalue weighted by Crippen LogP contribution is -2.53. The summed E-state index contributed by atoms with van der Waals surface area (Å²) >= 11 is 18.6. The van der Waals surface area contributed by atoms with Crippen LogP contribution in [0, 0.1) is 0 Å². The monoisotopic (exact) mass is 643 g/mol. The van der Waals surface area contributed by atoms with Gasteiger partial charge in [-0.1, -0.05) is 95.5 Å². The molecule has 0 aliphatic rings. The highest BCUT2D eigenvalue weighted by molar-refractivity contribution is 7.92. The van der Waals surface area contributed by atoms with Crippen LogP contribution in [0.2, 0.25) is 15.1 Å². The predicted octanol–water partition coefficient (Wildman–Crippen LogP) is 6.23. The Kier molecular flexibility index (Phi) is 10.5. The molecule has 1 atom stereocenters. The molecule has 2 amide bonds. The average molecular weight is 645 g/mol. The van der Waals surface area contributed by atoms with E-state index in [-0.39, 0.29) is 33.6 Å². The summed E-state index contributed by atoms with van der Waals surface area (Å²) < 4.78 is 28.8. The molecule has 0 heterocycles. The molecular formula is C31H28Cl3N3O4S. The normalized spacial score (nSPS) is 11.9. The number of sulfonamides is 1. The van der Waals surface area contributed by atoms with Crippen molar-refractivity contribution >= 4 is 62.3 Å². The zero-order valence-corrected chi connectivity index (χ0v) is 25.7. The van der Waals surface area contributed by atoms with Gasteiger partial charge >= 0.3 is 0 Å². The third kappa shape index (κ3) is 7.63. The van der Waals surface area contributed by atoms with Crippen LogP contribution in [0.25, 0.3) is 0 Å². The fraction of sp³-hybridized carbons (Fsp3) is 0.161. The Balaban J connectivity index is 1.80. The average Bonchev–Trinajstić information content (AvgIpc) is 2.99. The molecule has 0 saturated heterocycles. The van der Waals surface area contributed by atoms with E-state index in [4.69, 9.17) is 34.8 Å². The van der Waals surface area contributed by atoms with Crippen molar-refractivity contribution in [1.82, 2.24) is 10.2 Å². The maximum atomic E-state index is 14.2. The molecule has 4 aromatic carbocycles. The number of halogens is 3. The quantitative estimate of drug-likeness (QED) is 0.210. The second-order valence-corrected chi connectivity index (χ2v) is 12.5. The predicted molar refractivity (Wildman–Crippen MR) is 167 cm³/mol. The maximum absolute atomic E-state index is 14.2. The van der Waals surface area contributed by atoms with Crippen LogP contribution in [0.4, 0.5) is 5.69 Å². The van der Waals surface area contributed by atoms with Gasteiger partial charge in [-0.25, -0.2) is 8.42 Å². The van der Waals surface area contributed by atoms with E-state index in [2.05, 4.69) is 5.32 Å². The third-order valence-corrected chi connectivity index (χ3v) is 9.32. The number of amides is 2. The van der Waals surface area contributed by atoms with Gasteiger partial charge in [0.05, 0.1) is 20.6 Å². The van der Waals surface area contributed by atoms with Gasteiger partial charge in [0.25, 0.3) is 10.0 Å². The molecule has 7 nitrogen and oxygen atoms in total. The molecule has 4 rings (SSSR count). The Hall–Kier alpha value is -3.56. The molecule has 0 saturated carbocycles. The number of hydrogen-bond acceptors (Lipinski definition) is 4. The van der Waals surface area contributed by atoms with Crippen LogP contribution in [-0.2, 0) is 32.6 Å². The van der Waals surface area contributed by atoms with Gasteiger partial charge in [-0.05, 0) is 53.6 Å². The minimum absolute atomic E-state index is 0.00487. The summed E-state index contributed by atoms with van der Waals surface area (Å²) in [6, 6.07) is 27.3. The first-order chi connectivity index (χ1) is 20.1. The van der Waals surface area contributed by atoms with E-state index < -0.39 is 34.4 Å². The molecule has 0 aliphatic heterocycles. The number of likely N-dealkylation sites (N-methyl/N-ethyl adjacent to an activating group) is 1. The lowest BCUT2D eigenvalue weighted by atomic mass is 10.0. The van der Waals surface area contributed by atoms with Crippen molar-refractivity contribution < 1.29 is 18.0 Å². The first-order valence-corrected chi connectivity index (χ1v) is 15.5. The molecule has 0 radical (unpaired) electrons. The van der Waals surface area contributed by atoms with Gasteiger partial charge in [-0.2, -0.15) is 0 Å². The molecule has 1 N–H and O–H groups in total. The first-order valence-electron chi connectivity index (χ1n) is 12.9. The van der Waals surface area contributed by atoms with Crippen LogP contribution in [0.1, 0.15) is 11.1 Å². The van der Waals surface area contributed by atoms with Crippen LogP contribution < -0.4 is 9.62 Å². The summed E-state index contributed by atoms with van der Waals surface area (Å²) in [7, 11) is -2.75. The summed E-state index contributed by atoms with van der Waals surface area (Å²) in [6.07, 6.45) is 0.199. The standard InChI is InChI=1S/C31H28Cl3N3O4S/c1-35-31(39)29(18-22-9-4-2-5-10-22)36(20-23-11-8-12-24(32)17-23)30(38)21-37(25-15-16-27(33)28(34)19-25)42(40,41)26-13-6-3-7-14-26/h2-17,19,29H,18,20-21H2,1H3,(H,35,39). The van der Waals surface area contributed by atoms with Gasteiger partial charge in [-0.3, -0.25) is 13.9 Å². The highest BCUT2D eigenvalue weighted by Crippen LogP contribution is 2.31. The smallest absolute Gasteiger partial charge is 0.264 e. The van der Waals surface area contributed by atoms with Gasteiger partial charge in [-0.15, -0.1) is 0 Å². The number of carbonyl (C=O) groups is 2. The van der Waals surface area contributed by atoms with Crippen LogP contribution in [0.15, 0.2) is 108 Å². The summed E-state index contributed by atoms with van der Waals surface area (Å²) in [5, 5.41) is 3.46. The fourth-order valence-corrected chi connectivity index (χ4v) is 6.37. The van der Waals surface area contributed by atoms with E-state index in [1.165, 1.54) is 42.3 Å². The first kappa shape index (κ1) is 31.4. The molecule has 0 aliphatic carbocycles. The molecule has 1 unspecified atom stereocenters. The van der Waals surface area contributed by atoms with E-state index in [9.17, 15) is 18.0 Å². The van der Waals surface area contributed by atoms with Gasteiger partial charge in [0.1, 0.15) is 12.6 Å². The summed E-state index contributed by atoms with van der Waals surface area (Å²) in [5.74, 6) is -1.01. The number of nitrogens with zero attached hydrogens (tertiary/aromatic N) is 2. The Morgan fingerprint density at radius 1 is 0.786 bits per heavy atom. The number of hydrogen-bond donors (Lipinski definition) is 1. The van der Waals surface area contributed by atoms with Crippen LogP contribution in [0.3, 0.4) is 0 Å². The number of rotatable bonds is 11. The van der Waals surface area contributed by atoms with Crippen molar-refractivity contribution in [2.75, 3.05) is 17.9 Å². The number of carbonyl (C=O) groups excluding carboxylic acids is 2. The van der Waals surface area contributed by atoms with E-state index in [0.717, 1.165) is 9.87 Å². The molecule has 4 aromatic rings. The van der Waals surface area contributed by atoms with E-state index >= 15 is 0 Å². The lowest BCUT2D eigenvalue weighted by molar-refractivity contribution is -0.139. The molecule has 0 aromatic heterocycles. The summed E-state index contributed by atoms with van der Waals surface area (Å²) in [4.78, 5) is 28.9. The second kappa shape index (κ2) is 14.1. The Morgan fingerprint density at radius 2 is 1.43 bits per heavy atom. The van der Waals surface area contributed by atoms with Crippen molar-refractivity contribution in [3.63, 3.8) is 0 Å². The zero-order chi connectivity index (χ0) is 30.3. The Labute approximate surface area is 260 Å². The molecular weight excluding hydrogens is 617 g/mol. The highest BCUT2D eigenvalue weighted by atomic mass is 35.5. The van der Waals surface area contributed by atoms with E-state index in [1.54, 1.807) is 42.5 Å². The SMILES string of the molecule is CNC(=O)C(Cc1ccccc1)N(Cc1cccc(Cl)c1)C(=O)CN(c1ccc(Cl)c(Cl)c1)S(=O)(=O)c1ccccc1. The molecule has 42 heavy (non-hydrogen) atoms. The van der Waals surface area contributed by atoms with Gasteiger partial charge in [0.2, 0.25) is 11.8 Å². The summed E-state index contributed by atoms with van der Waals surface area (Å²) in [6.45, 7) is -0.608. The van der Waals surface area contributed by atoms with Gasteiger partial charge in [0.15, 0.2) is 0 Å². The Morgan fingerprint density at radius 3 is 2.05 bits per heavy atom. The van der Waals surface area contributed by atoms with Crippen LogP contribution in [0.5, 0.6) is 0 Å². The molecule has 218 valence electrons. The van der Waals surface area contributed by atoms with Crippen LogP contribution in [-0.4, -0.2) is 44.8 Å². The third-order valence-electron chi connectivity index (χ3n) is 6.56. The van der Waals surface area contributed by atoms with Crippen molar-refractivity contribution in [2.24, 2.45) is 0 Å². The fourth-order valence-electron chi connectivity index (χ4n) is 4.44. The van der Waals surface area contributed by atoms with Gasteiger partial charge < -0.3 is 10.2 Å². The van der Waals surface area contributed by atoms with Crippen LogP contribution >= 0.6 is 34.8 Å². The molecule has 0 fully saturated rings. The number of anilines is 1. The van der Waals surface area contributed by atoms with E-state index in [1.807, 2.05) is 30.3 Å². The van der Waals surface area contributed by atoms with Crippen molar-refractivity contribution in [3.05, 3.63) is 129 Å². The minimum Gasteiger partial charge on any atom is -0.357 e. The van der Waals surface area contributed by atoms with Crippen molar-refractivity contribution in [1.29, 1.82) is 0 Å². The highest BCUT2D eigenvalue weighted by Gasteiger charge is 2.34. The second-order valence-electron chi connectivity index (χ2n) is 9.39. The summed E-state index contributed by atoms with van der Waals surface area (Å²) in [5.41, 5.74) is 1.64. The van der Waals surface area contributed by atoms with Crippen molar-refractivity contribution in [3.8, 4) is 0 Å². The molecule has 0 spiro atoms.